The van der Waals surface area contributed by atoms with Crippen LogP contribution in [-0.4, -0.2) is 34.0 Å². The average molecular weight is 325 g/mol. The number of piperidine rings is 1. The van der Waals surface area contributed by atoms with Crippen molar-refractivity contribution in [3.05, 3.63) is 47.1 Å². The Morgan fingerprint density at radius 1 is 1.29 bits per heavy atom. The van der Waals surface area contributed by atoms with Gasteiger partial charge in [-0.15, -0.1) is 0 Å². The molecular weight excluding hydrogens is 302 g/mol. The molecule has 24 heavy (non-hydrogen) atoms. The fraction of sp³-hybridized carbons (Fsp3) is 0.526. The van der Waals surface area contributed by atoms with E-state index < -0.39 is 0 Å². The molecular formula is C19H23N3O2. The Labute approximate surface area is 142 Å². The van der Waals surface area contributed by atoms with Crippen LogP contribution in [0.15, 0.2) is 28.8 Å². The maximum Gasteiger partial charge on any atom is 0.254 e. The van der Waals surface area contributed by atoms with Crippen molar-refractivity contribution < 1.29 is 9.32 Å². The first-order valence-corrected chi connectivity index (χ1v) is 8.88. The zero-order chi connectivity index (χ0) is 16.5. The van der Waals surface area contributed by atoms with E-state index in [1.165, 1.54) is 12.8 Å². The Morgan fingerprint density at radius 2 is 2.12 bits per heavy atom. The monoisotopic (exact) mass is 325 g/mol. The number of amides is 1. The Hall–Kier alpha value is -2.17. The molecule has 1 saturated carbocycles. The maximum absolute atomic E-state index is 12.8. The van der Waals surface area contributed by atoms with Crippen LogP contribution in [0.4, 0.5) is 0 Å². The van der Waals surface area contributed by atoms with Gasteiger partial charge >= 0.3 is 0 Å². The molecule has 126 valence electrons. The molecule has 5 heteroatoms. The largest absolute Gasteiger partial charge is 0.339 e. The second-order valence-electron chi connectivity index (χ2n) is 7.10. The number of hydrogen-bond acceptors (Lipinski definition) is 4. The first-order valence-electron chi connectivity index (χ1n) is 8.88. The lowest BCUT2D eigenvalue weighted by Crippen LogP contribution is -2.40. The van der Waals surface area contributed by atoms with Gasteiger partial charge in [0.1, 0.15) is 0 Å². The van der Waals surface area contributed by atoms with E-state index in [2.05, 4.69) is 10.1 Å². The number of aromatic nitrogens is 2. The molecule has 1 aromatic heterocycles. The third-order valence-corrected chi connectivity index (χ3v) is 5.07. The van der Waals surface area contributed by atoms with Crippen LogP contribution in [0.5, 0.6) is 0 Å². The molecule has 2 fully saturated rings. The van der Waals surface area contributed by atoms with Gasteiger partial charge in [-0.1, -0.05) is 23.4 Å². The van der Waals surface area contributed by atoms with E-state index in [4.69, 9.17) is 4.52 Å². The molecule has 1 atom stereocenters. The van der Waals surface area contributed by atoms with Crippen molar-refractivity contribution in [3.8, 4) is 0 Å². The summed E-state index contributed by atoms with van der Waals surface area (Å²) in [6, 6.07) is 7.81. The molecule has 1 aliphatic carbocycles. The Bertz CT molecular complexity index is 736. The summed E-state index contributed by atoms with van der Waals surface area (Å²) in [4.78, 5) is 19.3. The van der Waals surface area contributed by atoms with E-state index in [1.807, 2.05) is 36.1 Å². The minimum absolute atomic E-state index is 0.141. The van der Waals surface area contributed by atoms with E-state index in [0.717, 1.165) is 55.2 Å². The third-order valence-electron chi connectivity index (χ3n) is 5.07. The van der Waals surface area contributed by atoms with Crippen molar-refractivity contribution in [2.75, 3.05) is 13.1 Å². The molecule has 0 spiro atoms. The highest BCUT2D eigenvalue weighted by Gasteiger charge is 2.30. The summed E-state index contributed by atoms with van der Waals surface area (Å²) >= 11 is 0. The molecule has 2 aromatic rings. The summed E-state index contributed by atoms with van der Waals surface area (Å²) in [6.07, 6.45) is 5.28. The molecule has 0 bridgehead atoms. The molecule has 1 amide bonds. The second kappa shape index (κ2) is 6.38. The van der Waals surface area contributed by atoms with Gasteiger partial charge in [0.05, 0.1) is 0 Å². The fourth-order valence-corrected chi connectivity index (χ4v) is 3.50. The fourth-order valence-electron chi connectivity index (χ4n) is 3.50. The predicted octanol–water partition coefficient (Wildman–Crippen LogP) is 3.35. The van der Waals surface area contributed by atoms with Crippen LogP contribution in [0.3, 0.4) is 0 Å². The Morgan fingerprint density at radius 3 is 2.92 bits per heavy atom. The highest BCUT2D eigenvalue weighted by molar-refractivity contribution is 5.95. The van der Waals surface area contributed by atoms with Crippen molar-refractivity contribution in [3.63, 3.8) is 0 Å². The number of nitrogens with zero attached hydrogens (tertiary/aromatic N) is 3. The number of aryl methyl sites for hydroxylation is 1. The molecule has 5 nitrogen and oxygen atoms in total. The summed E-state index contributed by atoms with van der Waals surface area (Å²) in [5.74, 6) is 2.66. The summed E-state index contributed by atoms with van der Waals surface area (Å²) in [5, 5.41) is 4.09. The lowest BCUT2D eigenvalue weighted by molar-refractivity contribution is 0.0667. The van der Waals surface area contributed by atoms with Gasteiger partial charge in [-0.2, -0.15) is 4.98 Å². The molecule has 1 aliphatic heterocycles. The molecule has 1 saturated heterocycles. The number of benzene rings is 1. The van der Waals surface area contributed by atoms with Gasteiger partial charge in [0.15, 0.2) is 5.82 Å². The smallest absolute Gasteiger partial charge is 0.254 e. The summed E-state index contributed by atoms with van der Waals surface area (Å²) < 4.78 is 5.40. The van der Waals surface area contributed by atoms with Crippen LogP contribution < -0.4 is 0 Å². The van der Waals surface area contributed by atoms with Crippen molar-refractivity contribution in [2.24, 2.45) is 5.92 Å². The Kier molecular flexibility index (Phi) is 4.08. The molecule has 2 heterocycles. The van der Waals surface area contributed by atoms with Gasteiger partial charge in [0.25, 0.3) is 5.91 Å². The number of hydrogen-bond donors (Lipinski definition) is 0. The van der Waals surface area contributed by atoms with Gasteiger partial charge < -0.3 is 9.42 Å². The highest BCUT2D eigenvalue weighted by atomic mass is 16.5. The van der Waals surface area contributed by atoms with Crippen molar-refractivity contribution in [2.45, 2.75) is 44.9 Å². The van der Waals surface area contributed by atoms with Crippen LogP contribution >= 0.6 is 0 Å². The number of carbonyl (C=O) groups is 1. The van der Waals surface area contributed by atoms with Crippen LogP contribution in [0, 0.1) is 12.8 Å². The molecule has 0 unspecified atom stereocenters. The second-order valence-corrected chi connectivity index (χ2v) is 7.10. The SMILES string of the molecule is Cc1ccccc1C(=O)N1CCC[C@@H](Cc2nc(C3CC3)no2)C1. The van der Waals surface area contributed by atoms with E-state index in [1.54, 1.807) is 0 Å². The third kappa shape index (κ3) is 3.21. The highest BCUT2D eigenvalue weighted by Crippen LogP contribution is 2.38. The van der Waals surface area contributed by atoms with Crippen LogP contribution in [-0.2, 0) is 6.42 Å². The maximum atomic E-state index is 12.8. The van der Waals surface area contributed by atoms with E-state index in [9.17, 15) is 4.79 Å². The molecule has 4 rings (SSSR count). The molecule has 0 N–H and O–H groups in total. The topological polar surface area (TPSA) is 59.2 Å². The van der Waals surface area contributed by atoms with Crippen LogP contribution in [0.25, 0.3) is 0 Å². The Balaban J connectivity index is 1.41. The molecule has 2 aliphatic rings. The zero-order valence-electron chi connectivity index (χ0n) is 14.1. The number of likely N-dealkylation sites (tertiary alicyclic amines) is 1. The normalized spacial score (nSPS) is 21.0. The average Bonchev–Trinajstić information content (AvgIpc) is 3.35. The van der Waals surface area contributed by atoms with Gasteiger partial charge in [0.2, 0.25) is 5.89 Å². The minimum Gasteiger partial charge on any atom is -0.339 e. The zero-order valence-corrected chi connectivity index (χ0v) is 14.1. The molecule has 1 aromatic carbocycles. The summed E-state index contributed by atoms with van der Waals surface area (Å²) in [5.41, 5.74) is 1.85. The first kappa shape index (κ1) is 15.4. The van der Waals surface area contributed by atoms with Crippen LogP contribution in [0.2, 0.25) is 0 Å². The van der Waals surface area contributed by atoms with E-state index in [-0.39, 0.29) is 5.91 Å². The van der Waals surface area contributed by atoms with Crippen molar-refractivity contribution in [1.29, 1.82) is 0 Å². The lowest BCUT2D eigenvalue weighted by Gasteiger charge is -2.32. The van der Waals surface area contributed by atoms with Gasteiger partial charge in [-0.25, -0.2) is 0 Å². The number of carbonyl (C=O) groups excluding carboxylic acids is 1. The van der Waals surface area contributed by atoms with E-state index >= 15 is 0 Å². The van der Waals surface area contributed by atoms with Crippen LogP contribution in [0.1, 0.15) is 59.2 Å². The minimum atomic E-state index is 0.141. The standard InChI is InChI=1S/C19H23N3O2/c1-13-5-2-3-7-16(13)19(23)22-10-4-6-14(12-22)11-17-20-18(21-24-17)15-8-9-15/h2-3,5,7,14-15H,4,6,8-12H2,1H3/t14-/m0/s1. The summed E-state index contributed by atoms with van der Waals surface area (Å²) in [6.45, 7) is 3.60. The van der Waals surface area contributed by atoms with Crippen molar-refractivity contribution >= 4 is 5.91 Å². The summed E-state index contributed by atoms with van der Waals surface area (Å²) in [7, 11) is 0. The van der Waals surface area contributed by atoms with Gasteiger partial charge in [0, 0.05) is 31.0 Å². The molecule has 0 radical (unpaired) electrons. The predicted molar refractivity (Wildman–Crippen MR) is 89.8 cm³/mol. The van der Waals surface area contributed by atoms with Crippen molar-refractivity contribution in [1.82, 2.24) is 15.0 Å². The van der Waals surface area contributed by atoms with Gasteiger partial charge in [-0.05, 0) is 50.2 Å². The lowest BCUT2D eigenvalue weighted by atomic mass is 9.94. The van der Waals surface area contributed by atoms with E-state index in [0.29, 0.717) is 11.8 Å². The number of rotatable bonds is 4. The van der Waals surface area contributed by atoms with Gasteiger partial charge in [-0.3, -0.25) is 4.79 Å². The first-order chi connectivity index (χ1) is 11.7. The quantitative estimate of drug-likeness (QED) is 0.865.